The quantitative estimate of drug-likeness (QED) is 0.502. The largest absolute Gasteiger partial charge is 0.398 e. The molecule has 0 aliphatic rings. The van der Waals surface area contributed by atoms with Gasteiger partial charge in [0.2, 0.25) is 0 Å². The molecule has 0 saturated carbocycles. The maximum Gasteiger partial charge on any atom is 0.293 e. The van der Waals surface area contributed by atoms with Crippen molar-refractivity contribution in [2.24, 2.45) is 0 Å². The van der Waals surface area contributed by atoms with Crippen LogP contribution in [0.3, 0.4) is 0 Å². The number of anilines is 2. The van der Waals surface area contributed by atoms with Crippen LogP contribution in [0.2, 0.25) is 0 Å². The van der Waals surface area contributed by atoms with Gasteiger partial charge in [0.05, 0.1) is 10.5 Å². The lowest BCUT2D eigenvalue weighted by Gasteiger charge is -2.08. The Morgan fingerprint density at radius 3 is 2.67 bits per heavy atom. The second kappa shape index (κ2) is 5.88. The lowest BCUT2D eigenvalue weighted by molar-refractivity contribution is -0.384. The Balaban J connectivity index is 2.36. The SMILES string of the molecule is Nc1ccc(F)cc1C(=O)Nc1ccc(Br)cc1[N+](=O)[O-]. The van der Waals surface area contributed by atoms with Crippen molar-refractivity contribution in [3.8, 4) is 0 Å². The number of nitro groups is 1. The summed E-state index contributed by atoms with van der Waals surface area (Å²) in [7, 11) is 0. The fourth-order valence-electron chi connectivity index (χ4n) is 1.68. The van der Waals surface area contributed by atoms with Crippen LogP contribution in [0.4, 0.5) is 21.5 Å². The summed E-state index contributed by atoms with van der Waals surface area (Å²) in [6.07, 6.45) is 0. The molecule has 0 atom stereocenters. The van der Waals surface area contributed by atoms with E-state index in [4.69, 9.17) is 5.73 Å². The summed E-state index contributed by atoms with van der Waals surface area (Å²) in [5.41, 5.74) is 5.30. The third-order valence-electron chi connectivity index (χ3n) is 2.66. The van der Waals surface area contributed by atoms with E-state index < -0.39 is 16.6 Å². The summed E-state index contributed by atoms with van der Waals surface area (Å²) in [4.78, 5) is 22.4. The molecule has 8 heteroatoms. The average Bonchev–Trinajstić information content (AvgIpc) is 2.43. The Labute approximate surface area is 127 Å². The molecular weight excluding hydrogens is 345 g/mol. The van der Waals surface area contributed by atoms with Gasteiger partial charge in [0.15, 0.2) is 0 Å². The van der Waals surface area contributed by atoms with Crippen LogP contribution in [0.5, 0.6) is 0 Å². The Hall–Kier alpha value is -2.48. The van der Waals surface area contributed by atoms with E-state index in [2.05, 4.69) is 21.2 Å². The minimum Gasteiger partial charge on any atom is -0.398 e. The molecule has 21 heavy (non-hydrogen) atoms. The molecule has 0 bridgehead atoms. The first-order valence-electron chi connectivity index (χ1n) is 5.69. The van der Waals surface area contributed by atoms with Crippen molar-refractivity contribution in [2.75, 3.05) is 11.1 Å². The molecule has 0 unspecified atom stereocenters. The van der Waals surface area contributed by atoms with Crippen LogP contribution in [0.15, 0.2) is 40.9 Å². The van der Waals surface area contributed by atoms with E-state index in [0.717, 1.165) is 12.1 Å². The Kier molecular flexibility index (Phi) is 4.18. The normalized spacial score (nSPS) is 10.2. The first-order valence-corrected chi connectivity index (χ1v) is 6.48. The van der Waals surface area contributed by atoms with Gasteiger partial charge < -0.3 is 11.1 Å². The van der Waals surface area contributed by atoms with Gasteiger partial charge in [0.1, 0.15) is 11.5 Å². The zero-order valence-corrected chi connectivity index (χ0v) is 12.1. The molecule has 2 rings (SSSR count). The highest BCUT2D eigenvalue weighted by Crippen LogP contribution is 2.28. The number of hydrogen-bond acceptors (Lipinski definition) is 4. The van der Waals surface area contributed by atoms with Crippen molar-refractivity contribution in [3.63, 3.8) is 0 Å². The number of rotatable bonds is 3. The van der Waals surface area contributed by atoms with Gasteiger partial charge in [-0.05, 0) is 30.3 Å². The van der Waals surface area contributed by atoms with E-state index in [0.29, 0.717) is 4.47 Å². The van der Waals surface area contributed by atoms with Crippen LogP contribution in [0.1, 0.15) is 10.4 Å². The van der Waals surface area contributed by atoms with Crippen LogP contribution in [0, 0.1) is 15.9 Å². The predicted molar refractivity (Wildman–Crippen MR) is 79.6 cm³/mol. The average molecular weight is 354 g/mol. The molecule has 0 aliphatic heterocycles. The third kappa shape index (κ3) is 3.34. The van der Waals surface area contributed by atoms with E-state index >= 15 is 0 Å². The topological polar surface area (TPSA) is 98.3 Å². The fraction of sp³-hybridized carbons (Fsp3) is 0. The Bertz CT molecular complexity index is 737. The Morgan fingerprint density at radius 1 is 1.29 bits per heavy atom. The number of halogens is 2. The van der Waals surface area contributed by atoms with Gasteiger partial charge in [0, 0.05) is 16.2 Å². The van der Waals surface area contributed by atoms with Crippen LogP contribution in [-0.4, -0.2) is 10.8 Å². The summed E-state index contributed by atoms with van der Waals surface area (Å²) >= 11 is 3.11. The van der Waals surface area contributed by atoms with Crippen LogP contribution < -0.4 is 11.1 Å². The monoisotopic (exact) mass is 353 g/mol. The maximum atomic E-state index is 13.2. The molecule has 1 amide bonds. The smallest absolute Gasteiger partial charge is 0.293 e. The number of amides is 1. The minimum atomic E-state index is -0.725. The van der Waals surface area contributed by atoms with Crippen LogP contribution in [-0.2, 0) is 0 Å². The highest BCUT2D eigenvalue weighted by molar-refractivity contribution is 9.10. The number of nitrogens with zero attached hydrogens (tertiary/aromatic N) is 1. The number of nitrogens with two attached hydrogens (primary N) is 1. The first kappa shape index (κ1) is 14.9. The molecule has 0 radical (unpaired) electrons. The number of nitrogens with one attached hydrogen (secondary N) is 1. The van der Waals surface area contributed by atoms with Gasteiger partial charge in [-0.1, -0.05) is 15.9 Å². The third-order valence-corrected chi connectivity index (χ3v) is 3.16. The van der Waals surface area contributed by atoms with Crippen molar-refractivity contribution in [3.05, 3.63) is 62.4 Å². The van der Waals surface area contributed by atoms with E-state index in [-0.39, 0.29) is 22.6 Å². The van der Waals surface area contributed by atoms with Crippen LogP contribution in [0.25, 0.3) is 0 Å². The molecule has 0 fully saturated rings. The summed E-state index contributed by atoms with van der Waals surface area (Å²) in [5.74, 6) is -1.35. The summed E-state index contributed by atoms with van der Waals surface area (Å²) in [6, 6.07) is 7.50. The molecule has 3 N–H and O–H groups in total. The summed E-state index contributed by atoms with van der Waals surface area (Å²) < 4.78 is 13.7. The lowest BCUT2D eigenvalue weighted by atomic mass is 10.1. The molecule has 0 heterocycles. The Morgan fingerprint density at radius 2 is 2.00 bits per heavy atom. The number of carbonyl (C=O) groups is 1. The molecule has 108 valence electrons. The van der Waals surface area contributed by atoms with Crippen LogP contribution >= 0.6 is 15.9 Å². The van der Waals surface area contributed by atoms with Gasteiger partial charge in [-0.15, -0.1) is 0 Å². The van der Waals surface area contributed by atoms with Crippen molar-refractivity contribution in [1.82, 2.24) is 0 Å². The number of hydrogen-bond donors (Lipinski definition) is 2. The van der Waals surface area contributed by atoms with Gasteiger partial charge >= 0.3 is 0 Å². The molecule has 0 spiro atoms. The second-order valence-electron chi connectivity index (χ2n) is 4.10. The molecule has 0 aromatic heterocycles. The first-order chi connectivity index (χ1) is 9.88. The number of carbonyl (C=O) groups excluding carboxylic acids is 1. The second-order valence-corrected chi connectivity index (χ2v) is 5.02. The molecule has 0 aliphatic carbocycles. The standard InChI is InChI=1S/C13H9BrFN3O3/c14-7-1-4-11(12(5-7)18(20)21)17-13(19)9-6-8(15)2-3-10(9)16/h1-6H,16H2,(H,17,19). The highest BCUT2D eigenvalue weighted by atomic mass is 79.9. The van der Waals surface area contributed by atoms with Gasteiger partial charge in [-0.3, -0.25) is 14.9 Å². The predicted octanol–water partition coefficient (Wildman–Crippen LogP) is 3.33. The van der Waals surface area contributed by atoms with Gasteiger partial charge in [0.25, 0.3) is 11.6 Å². The van der Waals surface area contributed by atoms with E-state index in [1.165, 1.54) is 24.3 Å². The summed E-state index contributed by atoms with van der Waals surface area (Å²) in [5, 5.41) is 13.3. The van der Waals surface area contributed by atoms with E-state index in [1.54, 1.807) is 0 Å². The van der Waals surface area contributed by atoms with E-state index in [9.17, 15) is 19.3 Å². The molecule has 2 aromatic rings. The maximum absolute atomic E-state index is 13.2. The van der Waals surface area contributed by atoms with Crippen molar-refractivity contribution in [1.29, 1.82) is 0 Å². The van der Waals surface area contributed by atoms with Gasteiger partial charge in [-0.2, -0.15) is 0 Å². The highest BCUT2D eigenvalue weighted by Gasteiger charge is 2.18. The van der Waals surface area contributed by atoms with Crippen molar-refractivity contribution in [2.45, 2.75) is 0 Å². The molecule has 2 aromatic carbocycles. The van der Waals surface area contributed by atoms with Gasteiger partial charge in [-0.25, -0.2) is 4.39 Å². The molecule has 0 saturated heterocycles. The van der Waals surface area contributed by atoms with Crippen molar-refractivity contribution < 1.29 is 14.1 Å². The summed E-state index contributed by atoms with van der Waals surface area (Å²) in [6.45, 7) is 0. The lowest BCUT2D eigenvalue weighted by Crippen LogP contribution is -2.15. The number of benzene rings is 2. The minimum absolute atomic E-state index is 0.00291. The van der Waals surface area contributed by atoms with Crippen molar-refractivity contribution >= 4 is 38.9 Å². The zero-order chi connectivity index (χ0) is 15.6. The van der Waals surface area contributed by atoms with E-state index in [1.807, 2.05) is 0 Å². The zero-order valence-electron chi connectivity index (χ0n) is 10.5. The number of nitrogen functional groups attached to an aromatic ring is 1. The fourth-order valence-corrected chi connectivity index (χ4v) is 2.03. The molecular formula is C13H9BrFN3O3. The number of nitro benzene ring substituents is 1. The molecule has 6 nitrogen and oxygen atoms in total.